The van der Waals surface area contributed by atoms with Crippen molar-refractivity contribution in [3.63, 3.8) is 0 Å². The summed E-state index contributed by atoms with van der Waals surface area (Å²) in [6.07, 6.45) is -2.20. The molecule has 0 aromatic heterocycles. The van der Waals surface area contributed by atoms with Crippen LogP contribution in [0.15, 0.2) is 0 Å². The minimum Gasteiger partial charge on any atom is -0.481 e. The molecule has 0 spiro atoms. The van der Waals surface area contributed by atoms with Crippen molar-refractivity contribution in [2.45, 2.75) is 188 Å². The molecule has 0 saturated carbocycles. The van der Waals surface area contributed by atoms with Crippen LogP contribution in [0.2, 0.25) is 0 Å². The van der Waals surface area contributed by atoms with Crippen LogP contribution in [0.5, 0.6) is 0 Å². The van der Waals surface area contributed by atoms with Crippen molar-refractivity contribution in [1.29, 1.82) is 0 Å². The summed E-state index contributed by atoms with van der Waals surface area (Å²) < 4.78 is 99.2. The van der Waals surface area contributed by atoms with E-state index in [0.29, 0.717) is 0 Å². The second-order valence-electron chi connectivity index (χ2n) is 36.6. The van der Waals surface area contributed by atoms with Gasteiger partial charge in [-0.15, -0.1) is 0 Å². The van der Waals surface area contributed by atoms with Crippen molar-refractivity contribution in [2.24, 2.45) is 27.6 Å². The Morgan fingerprint density at radius 2 is 0.818 bits per heavy atom. The fourth-order valence-electron chi connectivity index (χ4n) is 12.7. The van der Waals surface area contributed by atoms with Gasteiger partial charge in [0.05, 0.1) is 228 Å². The quantitative estimate of drug-likeness (QED) is 0.0186. The first kappa shape index (κ1) is 133. The highest BCUT2D eigenvalue weighted by atomic mass is 32.1. The number of thiol groups is 3. The molecule has 143 heavy (non-hydrogen) atoms. The SMILES string of the molecule is CCOCC1(COCCOCCNC(=O)C(CCOC=O)NC(=O)C(CS)NC(C)(C)C)COCCOCCNC(=O)C(CCOC=O)NC(=O)C(CS)CC(=O)CCC(=O)NCCOCCOCC(COCCOCCNC(=O)CCC(=O)C(C)(C)C)(COCCOCCNC(=O)CCC(=O)C(C)(C)C)COCCOCCNC(=O)CCC(=O)NC(CS)C(=O)NC(CCC(=O)O)C(=O)NCCOCCOC1. The zero-order valence-electron chi connectivity index (χ0n) is 85.2. The number of carbonyl (C=O) groups excluding carboxylic acids is 16. The molecule has 50 heteroatoms. The lowest BCUT2D eigenvalue weighted by Gasteiger charge is -2.33. The Balaban J connectivity index is 3.47. The maximum atomic E-state index is 13.7. The Morgan fingerprint density at radius 3 is 1.23 bits per heavy atom. The molecule has 7 unspecified atom stereocenters. The number of hydrogen-bond acceptors (Lipinski definition) is 38. The van der Waals surface area contributed by atoms with Crippen molar-refractivity contribution < 1.29 is 167 Å². The highest BCUT2D eigenvalue weighted by Crippen LogP contribution is 2.25. The molecule has 1 aliphatic heterocycles. The van der Waals surface area contributed by atoms with Crippen LogP contribution in [0.1, 0.15) is 153 Å². The van der Waals surface area contributed by atoms with E-state index < -0.39 is 135 Å². The minimum absolute atomic E-state index is 0.00119. The molecule has 1 aliphatic rings. The predicted octanol–water partition coefficient (Wildman–Crippen LogP) is -1.54. The molecular formula is C93H164N12O35S3. The van der Waals surface area contributed by atoms with Gasteiger partial charge < -0.3 is 149 Å². The van der Waals surface area contributed by atoms with E-state index in [1.54, 1.807) is 48.5 Å². The average Bonchev–Trinajstić information content (AvgIpc) is 0.876. The van der Waals surface area contributed by atoms with Crippen molar-refractivity contribution in [3.8, 4) is 0 Å². The molecule has 11 amide bonds. The number of ketones is 3. The van der Waals surface area contributed by atoms with Crippen molar-refractivity contribution in [1.82, 2.24) is 63.8 Å². The second-order valence-corrected chi connectivity index (χ2v) is 37.7. The lowest BCUT2D eigenvalue weighted by molar-refractivity contribution is -0.138. The van der Waals surface area contributed by atoms with Crippen molar-refractivity contribution in [2.75, 3.05) is 274 Å². The zero-order valence-corrected chi connectivity index (χ0v) is 87.9. The maximum Gasteiger partial charge on any atom is 0.303 e. The Bertz CT molecular complexity index is 3610. The molecule has 0 aliphatic carbocycles. The van der Waals surface area contributed by atoms with Gasteiger partial charge in [-0.1, -0.05) is 41.5 Å². The Labute approximate surface area is 856 Å². The summed E-state index contributed by atoms with van der Waals surface area (Å²) in [5.74, 6) is -9.32. The average molecular weight is 2110 g/mol. The van der Waals surface area contributed by atoms with Gasteiger partial charge in [0.1, 0.15) is 41.5 Å². The third-order valence-electron chi connectivity index (χ3n) is 20.8. The third kappa shape index (κ3) is 69.7. The van der Waals surface area contributed by atoms with E-state index in [2.05, 4.69) is 102 Å². The van der Waals surface area contributed by atoms with Crippen LogP contribution >= 0.6 is 37.9 Å². The molecule has 47 nitrogen and oxygen atoms in total. The fourth-order valence-corrected chi connectivity index (χ4v) is 13.6. The molecule has 1 rings (SSSR count). The Morgan fingerprint density at radius 1 is 0.420 bits per heavy atom. The summed E-state index contributed by atoms with van der Waals surface area (Å²) in [4.78, 5) is 217. The van der Waals surface area contributed by atoms with Gasteiger partial charge in [-0.25, -0.2) is 0 Å². The van der Waals surface area contributed by atoms with Crippen LogP contribution in [-0.4, -0.2) is 417 Å². The molecule has 1 saturated heterocycles. The van der Waals surface area contributed by atoms with Crippen LogP contribution in [0, 0.1) is 27.6 Å². The highest BCUT2D eigenvalue weighted by Gasteiger charge is 2.37. The van der Waals surface area contributed by atoms with Gasteiger partial charge in [-0.2, -0.15) is 37.9 Å². The first-order valence-electron chi connectivity index (χ1n) is 48.5. The number of rotatable bonds is 51. The molecule has 0 radical (unpaired) electrons. The van der Waals surface area contributed by atoms with Crippen LogP contribution in [0.4, 0.5) is 0 Å². The second kappa shape index (κ2) is 81.1. The molecule has 1 fully saturated rings. The van der Waals surface area contributed by atoms with E-state index in [9.17, 15) is 86.6 Å². The first-order valence-corrected chi connectivity index (χ1v) is 50.4. The van der Waals surface area contributed by atoms with Gasteiger partial charge in [-0.05, 0) is 34.1 Å². The number of hydrogen-bond donors (Lipinski definition) is 16. The molecule has 0 aromatic carbocycles. The normalized spacial score (nSPS) is 20.2. The number of nitrogens with one attached hydrogen (secondary N) is 12. The minimum atomic E-state index is -1.39. The summed E-state index contributed by atoms with van der Waals surface area (Å²) in [6, 6.07) is -5.73. The van der Waals surface area contributed by atoms with Crippen LogP contribution < -0.4 is 63.8 Å². The zero-order chi connectivity index (χ0) is 106. The van der Waals surface area contributed by atoms with Gasteiger partial charge in [0.2, 0.25) is 65.0 Å². The van der Waals surface area contributed by atoms with Crippen LogP contribution in [-0.2, 0) is 162 Å². The first-order chi connectivity index (χ1) is 68.2. The molecule has 1 heterocycles. The largest absolute Gasteiger partial charge is 0.481 e. The summed E-state index contributed by atoms with van der Waals surface area (Å²) in [5.41, 5.74) is -3.60. The lowest BCUT2D eigenvalue weighted by Crippen LogP contribution is -2.57. The summed E-state index contributed by atoms with van der Waals surface area (Å²) in [6.45, 7) is 19.7. The van der Waals surface area contributed by atoms with E-state index in [1.807, 2.05) is 20.8 Å². The van der Waals surface area contributed by atoms with Gasteiger partial charge in [0.15, 0.2) is 0 Å². The molecule has 13 N–H and O–H groups in total. The van der Waals surface area contributed by atoms with E-state index in [1.165, 1.54) is 0 Å². The monoisotopic (exact) mass is 2110 g/mol. The number of ether oxygens (including phenoxy) is 17. The van der Waals surface area contributed by atoms with Gasteiger partial charge in [0.25, 0.3) is 12.9 Å². The van der Waals surface area contributed by atoms with E-state index >= 15 is 0 Å². The molecule has 0 aromatic rings. The standard InChI is InChI=1S/C93H164N12O35S3/c1-11-124-58-92(61-134-53-46-131-39-30-100-86(121)72(23-32-140-67-107)104-88(123)74(57-143)105-91(8,9)10)59-132-51-44-129-37-28-98-84(119)70(13-21-82(116)117)103-87(122)73(56-142)101-81(115)20-19-80(114)97-27-36-128-43-50-138-65-93(63-136-48-41-126-34-25-95-78(112)17-14-75(109)89(2,3)4,64-137-49-42-127-35-26-96-79(113)18-15-76(110)90(5,6)7)62-135-47-40-125-33-24-94-77(111)16-12-69(108)54-68(55-141)83(118)102-71(22-31-139-66-106)85(120)99-29-38-130-45-52-133-60-92/h66-68,70-74,105,141-143H,11-65H2,1-10H3,(H,94,111)(H,95,112)(H,96,113)(H,97,114)(H,98,119)(H,99,120)(H,100,121)(H,101,115)(H,102,118)(H,103,122)(H,104,123)(H,116,117). The highest BCUT2D eigenvalue weighted by molar-refractivity contribution is 7.80. The van der Waals surface area contributed by atoms with Gasteiger partial charge >= 0.3 is 5.97 Å². The Hall–Kier alpha value is -8.00. The molecule has 0 bridgehead atoms. The molecular weight excluding hydrogens is 1940 g/mol. The number of Topliss-reactive ketones (excluding diaryl/α,β-unsaturated/α-hetero) is 3. The summed E-state index contributed by atoms with van der Waals surface area (Å²) in [7, 11) is 0. The van der Waals surface area contributed by atoms with Gasteiger partial charge in [-0.3, -0.25) is 81.5 Å². The number of carboxylic acids is 1. The fraction of sp³-hybridized carbons (Fsp3) is 0.817. The van der Waals surface area contributed by atoms with E-state index in [-0.39, 0.29) is 388 Å². The smallest absolute Gasteiger partial charge is 0.303 e. The van der Waals surface area contributed by atoms with Crippen molar-refractivity contribution >= 4 is 139 Å². The maximum absolute atomic E-state index is 13.7. The topological polar surface area (TPSA) is 612 Å². The predicted molar refractivity (Wildman–Crippen MR) is 529 cm³/mol. The number of carboxylic acid groups (broad SMARTS) is 1. The number of amides is 11. The Kier molecular flexibility index (Phi) is 75.4. The molecule has 7 atom stereocenters. The van der Waals surface area contributed by atoms with Crippen LogP contribution in [0.25, 0.3) is 0 Å². The third-order valence-corrected chi connectivity index (χ3v) is 21.9. The summed E-state index contributed by atoms with van der Waals surface area (Å²) in [5, 5.41) is 42.0. The van der Waals surface area contributed by atoms with E-state index in [4.69, 9.17) is 80.5 Å². The number of aliphatic carboxylic acids is 1. The summed E-state index contributed by atoms with van der Waals surface area (Å²) >= 11 is 12.9. The number of carbonyl (C=O) groups is 17. The lowest BCUT2D eigenvalue weighted by atomic mass is 9.88. The molecule has 824 valence electrons. The van der Waals surface area contributed by atoms with E-state index in [0.717, 1.165) is 0 Å². The van der Waals surface area contributed by atoms with Crippen molar-refractivity contribution in [3.05, 3.63) is 0 Å². The van der Waals surface area contributed by atoms with Crippen LogP contribution in [0.3, 0.4) is 0 Å². The van der Waals surface area contributed by atoms with Gasteiger partial charge in [0, 0.05) is 163 Å².